The summed E-state index contributed by atoms with van der Waals surface area (Å²) in [6.45, 7) is 7.28. The Balaban J connectivity index is 2.73. The highest BCUT2D eigenvalue weighted by molar-refractivity contribution is 9.09. The van der Waals surface area contributed by atoms with Crippen LogP contribution in [0.4, 0.5) is 0 Å². The number of aromatic nitrogens is 2. The Morgan fingerprint density at radius 3 is 2.62 bits per heavy atom. The number of hydrogen-bond acceptors (Lipinski definition) is 1. The van der Waals surface area contributed by atoms with Gasteiger partial charge in [0.25, 0.3) is 0 Å². The van der Waals surface area contributed by atoms with Crippen molar-refractivity contribution >= 4 is 27.5 Å². The summed E-state index contributed by atoms with van der Waals surface area (Å²) in [6.07, 6.45) is 4.26. The van der Waals surface area contributed by atoms with Gasteiger partial charge in [-0.25, -0.2) is 0 Å². The summed E-state index contributed by atoms with van der Waals surface area (Å²) in [5, 5.41) is 5.40. The molecule has 0 N–H and O–H groups in total. The fraction of sp³-hybridized carbons (Fsp3) is 0.750. The van der Waals surface area contributed by atoms with Crippen molar-refractivity contribution in [3.63, 3.8) is 0 Å². The van der Waals surface area contributed by atoms with Crippen molar-refractivity contribution in [2.24, 2.45) is 0 Å². The average Bonchev–Trinajstić information content (AvgIpc) is 2.55. The molecule has 0 aliphatic heterocycles. The largest absolute Gasteiger partial charge is 0.268 e. The van der Waals surface area contributed by atoms with Crippen molar-refractivity contribution in [1.82, 2.24) is 9.78 Å². The molecule has 1 unspecified atom stereocenters. The second-order valence-corrected chi connectivity index (χ2v) is 5.99. The van der Waals surface area contributed by atoms with Gasteiger partial charge in [-0.2, -0.15) is 5.10 Å². The average molecular weight is 308 g/mol. The number of nitrogens with zero attached hydrogens (tertiary/aromatic N) is 2. The number of rotatable bonds is 6. The van der Waals surface area contributed by atoms with Crippen LogP contribution in [0, 0.1) is 0 Å². The zero-order valence-electron chi connectivity index (χ0n) is 10.3. The van der Waals surface area contributed by atoms with E-state index < -0.39 is 0 Å². The third-order valence-corrected chi connectivity index (χ3v) is 3.60. The molecule has 0 radical (unpaired) electrons. The lowest BCUT2D eigenvalue weighted by molar-refractivity contribution is 0.596. The minimum Gasteiger partial charge on any atom is -0.268 e. The summed E-state index contributed by atoms with van der Waals surface area (Å²) < 4.78 is 2.04. The molecule has 0 bridgehead atoms. The molecule has 0 saturated carbocycles. The summed E-state index contributed by atoms with van der Waals surface area (Å²) in [6, 6.07) is 0. The van der Waals surface area contributed by atoms with Crippen LogP contribution in [0.5, 0.6) is 0 Å². The standard InChI is InChI=1S/C12H20BrClN2/c1-4-10-12(14)11(16(5-2)15-10)8-6-7-9(3)13/h9H,4-8H2,1-3H3. The smallest absolute Gasteiger partial charge is 0.0849 e. The SMILES string of the molecule is CCc1nn(CC)c(CCCC(C)Br)c1Cl. The van der Waals surface area contributed by atoms with E-state index in [9.17, 15) is 0 Å². The molecular weight excluding hydrogens is 288 g/mol. The summed E-state index contributed by atoms with van der Waals surface area (Å²) in [5.74, 6) is 0. The highest BCUT2D eigenvalue weighted by Crippen LogP contribution is 2.23. The van der Waals surface area contributed by atoms with Gasteiger partial charge in [0.15, 0.2) is 0 Å². The number of hydrogen-bond donors (Lipinski definition) is 0. The third-order valence-electron chi connectivity index (χ3n) is 2.71. The lowest BCUT2D eigenvalue weighted by Gasteiger charge is -2.06. The fourth-order valence-electron chi connectivity index (χ4n) is 1.81. The molecular formula is C12H20BrClN2. The highest BCUT2D eigenvalue weighted by Gasteiger charge is 2.13. The van der Waals surface area contributed by atoms with Crippen molar-refractivity contribution < 1.29 is 0 Å². The maximum atomic E-state index is 6.33. The van der Waals surface area contributed by atoms with Gasteiger partial charge < -0.3 is 0 Å². The minimum absolute atomic E-state index is 0.579. The Morgan fingerprint density at radius 1 is 1.44 bits per heavy atom. The third kappa shape index (κ3) is 3.49. The molecule has 1 atom stereocenters. The molecule has 2 nitrogen and oxygen atoms in total. The van der Waals surface area contributed by atoms with Crippen molar-refractivity contribution in [1.29, 1.82) is 0 Å². The summed E-state index contributed by atoms with van der Waals surface area (Å²) in [4.78, 5) is 0.579. The van der Waals surface area contributed by atoms with Crippen molar-refractivity contribution in [2.45, 2.75) is 57.8 Å². The molecule has 0 amide bonds. The molecule has 0 spiro atoms. The Kier molecular flexibility index (Phi) is 5.84. The molecule has 0 aliphatic carbocycles. The molecule has 92 valence electrons. The quantitative estimate of drug-likeness (QED) is 0.719. The predicted octanol–water partition coefficient (Wildman–Crippen LogP) is 4.22. The van der Waals surface area contributed by atoms with E-state index in [1.807, 2.05) is 4.68 Å². The van der Waals surface area contributed by atoms with E-state index in [1.54, 1.807) is 0 Å². The van der Waals surface area contributed by atoms with Crippen LogP contribution in [0.25, 0.3) is 0 Å². The lowest BCUT2D eigenvalue weighted by atomic mass is 10.1. The molecule has 0 aromatic carbocycles. The van der Waals surface area contributed by atoms with Crippen LogP contribution in [0.15, 0.2) is 0 Å². The first kappa shape index (κ1) is 14.0. The minimum atomic E-state index is 0.579. The Bertz CT molecular complexity index is 334. The zero-order valence-corrected chi connectivity index (χ0v) is 12.6. The van der Waals surface area contributed by atoms with E-state index in [-0.39, 0.29) is 0 Å². The van der Waals surface area contributed by atoms with Crippen molar-refractivity contribution in [2.75, 3.05) is 0 Å². The van der Waals surface area contributed by atoms with E-state index in [2.05, 4.69) is 41.8 Å². The van der Waals surface area contributed by atoms with Gasteiger partial charge in [-0.15, -0.1) is 0 Å². The first-order valence-electron chi connectivity index (χ1n) is 5.98. The molecule has 0 fully saturated rings. The second kappa shape index (κ2) is 6.65. The molecule has 1 aromatic rings. The van der Waals surface area contributed by atoms with Gasteiger partial charge in [0.05, 0.1) is 16.4 Å². The van der Waals surface area contributed by atoms with Gasteiger partial charge >= 0.3 is 0 Å². The van der Waals surface area contributed by atoms with Crippen LogP contribution >= 0.6 is 27.5 Å². The zero-order chi connectivity index (χ0) is 12.1. The van der Waals surface area contributed by atoms with Gasteiger partial charge in [0.2, 0.25) is 0 Å². The Morgan fingerprint density at radius 2 is 2.12 bits per heavy atom. The monoisotopic (exact) mass is 306 g/mol. The van der Waals surface area contributed by atoms with Crippen LogP contribution in [-0.2, 0) is 19.4 Å². The maximum Gasteiger partial charge on any atom is 0.0849 e. The molecule has 1 heterocycles. The number of aryl methyl sites for hydroxylation is 2. The van der Waals surface area contributed by atoms with Gasteiger partial charge in [-0.1, -0.05) is 41.4 Å². The summed E-state index contributed by atoms with van der Waals surface area (Å²) in [5.41, 5.74) is 2.24. The van der Waals surface area contributed by atoms with Gasteiger partial charge in [-0.05, 0) is 32.6 Å². The van der Waals surface area contributed by atoms with Crippen molar-refractivity contribution in [3.8, 4) is 0 Å². The summed E-state index contributed by atoms with van der Waals surface area (Å²) >= 11 is 9.89. The van der Waals surface area contributed by atoms with Gasteiger partial charge in [0.1, 0.15) is 0 Å². The van der Waals surface area contributed by atoms with Crippen LogP contribution in [0.3, 0.4) is 0 Å². The van der Waals surface area contributed by atoms with Crippen LogP contribution in [-0.4, -0.2) is 14.6 Å². The molecule has 16 heavy (non-hydrogen) atoms. The normalized spacial score (nSPS) is 13.1. The van der Waals surface area contributed by atoms with Crippen LogP contribution in [0.2, 0.25) is 5.02 Å². The number of halogens is 2. The maximum absolute atomic E-state index is 6.33. The lowest BCUT2D eigenvalue weighted by Crippen LogP contribution is -2.04. The number of alkyl halides is 1. The topological polar surface area (TPSA) is 17.8 Å². The molecule has 4 heteroatoms. The Labute approximate surface area is 111 Å². The van der Waals surface area contributed by atoms with Gasteiger partial charge in [0, 0.05) is 11.4 Å². The van der Waals surface area contributed by atoms with Gasteiger partial charge in [-0.3, -0.25) is 4.68 Å². The second-order valence-electron chi connectivity index (χ2n) is 4.05. The van der Waals surface area contributed by atoms with Crippen LogP contribution < -0.4 is 0 Å². The van der Waals surface area contributed by atoms with Crippen molar-refractivity contribution in [3.05, 3.63) is 16.4 Å². The Hall–Kier alpha value is -0.0200. The van der Waals surface area contributed by atoms with E-state index in [1.165, 1.54) is 12.1 Å². The van der Waals surface area contributed by atoms with E-state index in [0.29, 0.717) is 4.83 Å². The molecule has 0 aliphatic rings. The molecule has 0 saturated heterocycles. The first-order chi connectivity index (χ1) is 7.60. The first-order valence-corrected chi connectivity index (χ1v) is 7.27. The highest BCUT2D eigenvalue weighted by atomic mass is 79.9. The van der Waals surface area contributed by atoms with Crippen LogP contribution in [0.1, 0.15) is 45.0 Å². The summed E-state index contributed by atoms with van der Waals surface area (Å²) in [7, 11) is 0. The molecule has 1 rings (SSSR count). The van der Waals surface area contributed by atoms with E-state index in [0.717, 1.165) is 36.5 Å². The fourth-order valence-corrected chi connectivity index (χ4v) is 2.49. The predicted molar refractivity (Wildman–Crippen MR) is 73.6 cm³/mol. The van der Waals surface area contributed by atoms with E-state index >= 15 is 0 Å². The molecule has 1 aromatic heterocycles. The van der Waals surface area contributed by atoms with E-state index in [4.69, 9.17) is 11.6 Å².